The second-order valence-corrected chi connectivity index (χ2v) is 4.85. The third kappa shape index (κ3) is 1.59. The monoisotopic (exact) mass is 304 g/mol. The largest absolute Gasteiger partial charge is 0.329 e. The van der Waals surface area contributed by atoms with Crippen molar-refractivity contribution in [2.24, 2.45) is 0 Å². The Morgan fingerprint density at radius 1 is 1.06 bits per heavy atom. The van der Waals surface area contributed by atoms with E-state index < -0.39 is 0 Å². The van der Waals surface area contributed by atoms with Gasteiger partial charge in [0.15, 0.2) is 0 Å². The lowest BCUT2D eigenvalue weighted by Crippen LogP contribution is -2.30. The molecule has 3 rings (SSSR count). The highest BCUT2D eigenvalue weighted by atomic mass is 79.9. The van der Waals surface area contributed by atoms with Crippen LogP contribution in [0.1, 0.15) is 0 Å². The maximum absolute atomic E-state index is 11.7. The van der Waals surface area contributed by atoms with Crippen molar-refractivity contribution in [2.45, 2.75) is 0 Å². The average Bonchev–Trinajstić information content (AvgIpc) is 2.71. The number of anilines is 1. The molecule has 0 saturated carbocycles. The second kappa shape index (κ2) is 4.10. The zero-order valence-corrected chi connectivity index (χ0v) is 10.9. The molecule has 3 amide bonds. The number of benzene rings is 2. The van der Waals surface area contributed by atoms with E-state index in [1.54, 1.807) is 6.07 Å². The van der Waals surface area contributed by atoms with Gasteiger partial charge in [-0.1, -0.05) is 40.2 Å². The first kappa shape index (κ1) is 11.2. The van der Waals surface area contributed by atoms with Crippen LogP contribution in [-0.4, -0.2) is 18.5 Å². The van der Waals surface area contributed by atoms with Crippen molar-refractivity contribution in [1.29, 1.82) is 0 Å². The molecule has 0 aromatic heterocycles. The van der Waals surface area contributed by atoms with Crippen molar-refractivity contribution in [1.82, 2.24) is 5.32 Å². The van der Waals surface area contributed by atoms with E-state index in [9.17, 15) is 9.59 Å². The summed E-state index contributed by atoms with van der Waals surface area (Å²) >= 11 is 3.47. The van der Waals surface area contributed by atoms with Gasteiger partial charge in [0.05, 0.1) is 12.2 Å². The van der Waals surface area contributed by atoms with Crippen molar-refractivity contribution in [2.75, 3.05) is 11.4 Å². The van der Waals surface area contributed by atoms with Crippen LogP contribution in [0.15, 0.2) is 40.9 Å². The number of rotatable bonds is 1. The molecule has 2 aromatic rings. The fraction of sp³-hybridized carbons (Fsp3) is 0.0769. The summed E-state index contributed by atoms with van der Waals surface area (Å²) in [5, 5.41) is 4.37. The van der Waals surface area contributed by atoms with Crippen molar-refractivity contribution >= 4 is 44.3 Å². The molecule has 2 aromatic carbocycles. The number of fused-ring (bicyclic) bond motifs is 1. The number of hydrogen-bond acceptors (Lipinski definition) is 2. The van der Waals surface area contributed by atoms with Gasteiger partial charge in [-0.3, -0.25) is 4.79 Å². The molecule has 1 aliphatic rings. The summed E-state index contributed by atoms with van der Waals surface area (Å²) in [5.74, 6) is -0.229. The van der Waals surface area contributed by atoms with Crippen LogP contribution in [0.25, 0.3) is 10.8 Å². The Labute approximate surface area is 112 Å². The minimum absolute atomic E-state index is 0.0588. The van der Waals surface area contributed by atoms with Gasteiger partial charge in [0.1, 0.15) is 0 Å². The Hall–Kier alpha value is -1.88. The molecule has 0 unspecified atom stereocenters. The zero-order chi connectivity index (χ0) is 12.7. The Bertz CT molecular complexity index is 653. The van der Waals surface area contributed by atoms with Gasteiger partial charge in [-0.15, -0.1) is 0 Å². The molecule has 90 valence electrons. The first-order valence-corrected chi connectivity index (χ1v) is 6.26. The number of amides is 3. The SMILES string of the molecule is O=C1CNC(=O)N1c1ccc(Br)c2ccccc12. The van der Waals surface area contributed by atoms with Crippen molar-refractivity contribution in [3.63, 3.8) is 0 Å². The van der Waals surface area contributed by atoms with Crippen LogP contribution >= 0.6 is 15.9 Å². The number of nitrogens with zero attached hydrogens (tertiary/aromatic N) is 1. The smallest absolute Gasteiger partial charge is 0.328 e. The Balaban J connectivity index is 2.27. The Morgan fingerprint density at radius 2 is 1.78 bits per heavy atom. The lowest BCUT2D eigenvalue weighted by atomic mass is 10.1. The highest BCUT2D eigenvalue weighted by Crippen LogP contribution is 2.33. The molecule has 1 heterocycles. The normalized spacial score (nSPS) is 15.3. The van der Waals surface area contributed by atoms with E-state index in [4.69, 9.17) is 0 Å². The molecule has 0 atom stereocenters. The highest BCUT2D eigenvalue weighted by molar-refractivity contribution is 9.10. The van der Waals surface area contributed by atoms with Gasteiger partial charge in [-0.25, -0.2) is 9.69 Å². The predicted molar refractivity (Wildman–Crippen MR) is 72.5 cm³/mol. The number of carbonyl (C=O) groups excluding carboxylic acids is 2. The van der Waals surface area contributed by atoms with E-state index in [2.05, 4.69) is 21.2 Å². The lowest BCUT2D eigenvalue weighted by Gasteiger charge is -2.15. The zero-order valence-electron chi connectivity index (χ0n) is 9.31. The summed E-state index contributed by atoms with van der Waals surface area (Å²) in [7, 11) is 0. The first-order chi connectivity index (χ1) is 8.68. The number of urea groups is 1. The number of hydrogen-bond donors (Lipinski definition) is 1. The first-order valence-electron chi connectivity index (χ1n) is 5.46. The van der Waals surface area contributed by atoms with E-state index in [0.717, 1.165) is 15.2 Å². The molecule has 4 nitrogen and oxygen atoms in total. The van der Waals surface area contributed by atoms with E-state index in [0.29, 0.717) is 5.69 Å². The topological polar surface area (TPSA) is 49.4 Å². The maximum atomic E-state index is 11.7. The van der Waals surface area contributed by atoms with Crippen LogP contribution in [0.4, 0.5) is 10.5 Å². The maximum Gasteiger partial charge on any atom is 0.329 e. The summed E-state index contributed by atoms with van der Waals surface area (Å²) in [6.07, 6.45) is 0. The fourth-order valence-corrected chi connectivity index (χ4v) is 2.59. The summed E-state index contributed by atoms with van der Waals surface area (Å²) < 4.78 is 0.939. The molecule has 1 N–H and O–H groups in total. The molecular formula is C13H9BrN2O2. The van der Waals surface area contributed by atoms with Gasteiger partial charge in [0, 0.05) is 9.86 Å². The van der Waals surface area contributed by atoms with Crippen LogP contribution < -0.4 is 10.2 Å². The van der Waals surface area contributed by atoms with Gasteiger partial charge >= 0.3 is 6.03 Å². The molecule has 1 fully saturated rings. The summed E-state index contributed by atoms with van der Waals surface area (Å²) in [6, 6.07) is 10.9. The average molecular weight is 305 g/mol. The van der Waals surface area contributed by atoms with Crippen LogP contribution in [-0.2, 0) is 4.79 Å². The van der Waals surface area contributed by atoms with Crippen LogP contribution in [0.5, 0.6) is 0 Å². The number of halogens is 1. The van der Waals surface area contributed by atoms with Crippen molar-refractivity contribution in [3.05, 3.63) is 40.9 Å². The van der Waals surface area contributed by atoms with E-state index in [1.165, 1.54) is 4.90 Å². The number of imide groups is 1. The van der Waals surface area contributed by atoms with Gasteiger partial charge < -0.3 is 5.32 Å². The molecule has 0 spiro atoms. The Morgan fingerprint density at radius 3 is 2.44 bits per heavy atom. The molecule has 5 heteroatoms. The second-order valence-electron chi connectivity index (χ2n) is 4.00. The fourth-order valence-electron chi connectivity index (χ4n) is 2.11. The van der Waals surface area contributed by atoms with Crippen molar-refractivity contribution < 1.29 is 9.59 Å². The van der Waals surface area contributed by atoms with Crippen LogP contribution in [0, 0.1) is 0 Å². The van der Waals surface area contributed by atoms with E-state index >= 15 is 0 Å². The minimum atomic E-state index is -0.368. The highest BCUT2D eigenvalue weighted by Gasteiger charge is 2.31. The number of carbonyl (C=O) groups is 2. The standard InChI is InChI=1S/C13H9BrN2O2/c14-10-5-6-11(9-4-2-1-3-8(9)10)16-12(17)7-15-13(16)18/h1-6H,7H2,(H,15,18). The quantitative estimate of drug-likeness (QED) is 0.824. The minimum Gasteiger partial charge on any atom is -0.328 e. The van der Waals surface area contributed by atoms with Gasteiger partial charge in [-0.05, 0) is 17.5 Å². The molecule has 0 aliphatic carbocycles. The van der Waals surface area contributed by atoms with E-state index in [-0.39, 0.29) is 18.5 Å². The van der Waals surface area contributed by atoms with Gasteiger partial charge in [0.2, 0.25) is 0 Å². The molecule has 1 aliphatic heterocycles. The van der Waals surface area contributed by atoms with Crippen molar-refractivity contribution in [3.8, 4) is 0 Å². The third-order valence-corrected chi connectivity index (χ3v) is 3.62. The summed E-state index contributed by atoms with van der Waals surface area (Å²) in [5.41, 5.74) is 0.619. The molecular weight excluding hydrogens is 296 g/mol. The molecule has 1 saturated heterocycles. The Kier molecular flexibility index (Phi) is 2.56. The van der Waals surface area contributed by atoms with Gasteiger partial charge in [-0.2, -0.15) is 0 Å². The molecule has 0 radical (unpaired) electrons. The van der Waals surface area contributed by atoms with E-state index in [1.807, 2.05) is 30.3 Å². The third-order valence-electron chi connectivity index (χ3n) is 2.93. The van der Waals surface area contributed by atoms with Crippen LogP contribution in [0.2, 0.25) is 0 Å². The molecule has 0 bridgehead atoms. The molecule has 18 heavy (non-hydrogen) atoms. The van der Waals surface area contributed by atoms with Crippen LogP contribution in [0.3, 0.4) is 0 Å². The lowest BCUT2D eigenvalue weighted by molar-refractivity contribution is -0.115. The number of nitrogens with one attached hydrogen (secondary N) is 1. The predicted octanol–water partition coefficient (Wildman–Crippen LogP) is 2.66. The summed E-state index contributed by atoms with van der Waals surface area (Å²) in [6.45, 7) is 0.0588. The summed E-state index contributed by atoms with van der Waals surface area (Å²) in [4.78, 5) is 24.6. The van der Waals surface area contributed by atoms with Gasteiger partial charge in [0.25, 0.3) is 5.91 Å².